The summed E-state index contributed by atoms with van der Waals surface area (Å²) in [4.78, 5) is 26.6. The molecule has 1 saturated carbocycles. The molecule has 0 aromatic heterocycles. The summed E-state index contributed by atoms with van der Waals surface area (Å²) in [6, 6.07) is 11.8. The van der Waals surface area contributed by atoms with Crippen LogP contribution in [-0.2, 0) is 16.6 Å². The van der Waals surface area contributed by atoms with Crippen molar-refractivity contribution in [2.24, 2.45) is 0 Å². The van der Waals surface area contributed by atoms with Gasteiger partial charge in [0, 0.05) is 43.9 Å². The maximum absolute atomic E-state index is 13.1. The Kier molecular flexibility index (Phi) is 7.07. The number of nitrogens with zero attached hydrogens (tertiary/aromatic N) is 2. The first kappa shape index (κ1) is 23.7. The summed E-state index contributed by atoms with van der Waals surface area (Å²) in [6.45, 7) is 1.25. The number of hydrogen-bond donors (Lipinski definition) is 1. The number of rotatable bonds is 7. The van der Waals surface area contributed by atoms with E-state index in [1.165, 1.54) is 21.3 Å². The third-order valence-corrected chi connectivity index (χ3v) is 8.39. The minimum atomic E-state index is -3.76. The number of amides is 2. The summed E-state index contributed by atoms with van der Waals surface area (Å²) in [7, 11) is -2.10. The molecule has 0 radical (unpaired) electrons. The van der Waals surface area contributed by atoms with E-state index in [0.717, 1.165) is 37.7 Å². The highest BCUT2D eigenvalue weighted by molar-refractivity contribution is 7.89. The first-order valence-corrected chi connectivity index (χ1v) is 13.0. The van der Waals surface area contributed by atoms with Crippen LogP contribution in [0.2, 0.25) is 5.02 Å². The lowest BCUT2D eigenvalue weighted by atomic mass is 10.1. The second kappa shape index (κ2) is 9.83. The van der Waals surface area contributed by atoms with E-state index < -0.39 is 10.0 Å². The van der Waals surface area contributed by atoms with E-state index in [4.69, 9.17) is 11.6 Å². The fourth-order valence-corrected chi connectivity index (χ4v) is 5.92. The molecule has 0 unspecified atom stereocenters. The second-order valence-corrected chi connectivity index (χ2v) is 11.0. The number of nitrogens with one attached hydrogen (secondary N) is 1. The summed E-state index contributed by atoms with van der Waals surface area (Å²) >= 11 is 6.23. The van der Waals surface area contributed by atoms with Gasteiger partial charge in [-0.05, 0) is 61.6 Å². The predicted molar refractivity (Wildman–Crippen MR) is 127 cm³/mol. The molecule has 1 saturated heterocycles. The van der Waals surface area contributed by atoms with E-state index in [1.807, 2.05) is 12.1 Å². The molecular formula is C24H28ClN3O4S. The molecule has 1 heterocycles. The average molecular weight is 490 g/mol. The Bertz CT molecular complexity index is 1140. The van der Waals surface area contributed by atoms with Crippen molar-refractivity contribution in [3.63, 3.8) is 0 Å². The first-order valence-electron chi connectivity index (χ1n) is 11.2. The van der Waals surface area contributed by atoms with Crippen molar-refractivity contribution in [3.8, 4) is 0 Å². The van der Waals surface area contributed by atoms with E-state index in [2.05, 4.69) is 5.32 Å². The van der Waals surface area contributed by atoms with Gasteiger partial charge < -0.3 is 10.2 Å². The SMILES string of the molecule is CN(Cc1ccc(C(=O)NC2CC2)cc1)C(=O)c1ccc(Cl)c(S(=O)(=O)N2CCCCC2)c1. The largest absolute Gasteiger partial charge is 0.349 e. The highest BCUT2D eigenvalue weighted by atomic mass is 35.5. The Hall–Kier alpha value is -2.42. The van der Waals surface area contributed by atoms with Crippen molar-refractivity contribution in [1.29, 1.82) is 0 Å². The minimum Gasteiger partial charge on any atom is -0.349 e. The summed E-state index contributed by atoms with van der Waals surface area (Å²) in [6.07, 6.45) is 4.71. The van der Waals surface area contributed by atoms with E-state index in [1.54, 1.807) is 25.2 Å². The zero-order valence-corrected chi connectivity index (χ0v) is 20.2. The summed E-state index contributed by atoms with van der Waals surface area (Å²) in [5.74, 6) is -0.394. The van der Waals surface area contributed by atoms with Crippen molar-refractivity contribution in [3.05, 3.63) is 64.2 Å². The Labute approximate surface area is 199 Å². The smallest absolute Gasteiger partial charge is 0.253 e. The van der Waals surface area contributed by atoms with Gasteiger partial charge in [0.15, 0.2) is 0 Å². The topological polar surface area (TPSA) is 86.8 Å². The number of sulfonamides is 1. The molecular weight excluding hydrogens is 462 g/mol. The molecule has 2 aromatic carbocycles. The van der Waals surface area contributed by atoms with Gasteiger partial charge in [-0.1, -0.05) is 30.2 Å². The number of carbonyl (C=O) groups excluding carboxylic acids is 2. The third-order valence-electron chi connectivity index (χ3n) is 6.01. The number of benzene rings is 2. The molecule has 0 atom stereocenters. The molecule has 0 bridgehead atoms. The van der Waals surface area contributed by atoms with Crippen LogP contribution in [0.5, 0.6) is 0 Å². The van der Waals surface area contributed by atoms with E-state index >= 15 is 0 Å². The second-order valence-electron chi connectivity index (χ2n) is 8.72. The number of piperidine rings is 1. The standard InChI is InChI=1S/C24H28ClN3O4S/c1-27(16-17-5-7-18(8-6-17)23(29)26-20-10-11-20)24(30)19-9-12-21(25)22(15-19)33(31,32)28-13-3-2-4-14-28/h5-9,12,15,20H,2-4,10-11,13-14,16H2,1H3,(H,26,29). The molecule has 2 amide bonds. The normalized spacial score (nSPS) is 16.9. The van der Waals surface area contributed by atoms with Gasteiger partial charge in [0.1, 0.15) is 4.90 Å². The predicted octanol–water partition coefficient (Wildman–Crippen LogP) is 3.68. The lowest BCUT2D eigenvalue weighted by molar-refractivity contribution is 0.0784. The van der Waals surface area contributed by atoms with Crippen LogP contribution >= 0.6 is 11.6 Å². The zero-order chi connectivity index (χ0) is 23.6. The Balaban J connectivity index is 1.46. The van der Waals surface area contributed by atoms with Gasteiger partial charge in [-0.2, -0.15) is 4.31 Å². The van der Waals surface area contributed by atoms with E-state index in [0.29, 0.717) is 31.2 Å². The van der Waals surface area contributed by atoms with Crippen molar-refractivity contribution >= 4 is 33.4 Å². The molecule has 0 spiro atoms. The Morgan fingerprint density at radius 3 is 2.30 bits per heavy atom. The van der Waals surface area contributed by atoms with Crippen molar-refractivity contribution < 1.29 is 18.0 Å². The molecule has 33 heavy (non-hydrogen) atoms. The molecule has 9 heteroatoms. The fourth-order valence-electron chi connectivity index (χ4n) is 3.90. The van der Waals surface area contributed by atoms with Crippen LogP contribution in [0.3, 0.4) is 0 Å². The molecule has 1 aliphatic carbocycles. The highest BCUT2D eigenvalue weighted by Gasteiger charge is 2.29. The average Bonchev–Trinajstić information content (AvgIpc) is 3.63. The van der Waals surface area contributed by atoms with Crippen LogP contribution in [-0.4, -0.2) is 55.6 Å². The minimum absolute atomic E-state index is 0.0312. The first-order chi connectivity index (χ1) is 15.8. The lowest BCUT2D eigenvalue weighted by Gasteiger charge is -2.26. The molecule has 7 nitrogen and oxygen atoms in total. The van der Waals surface area contributed by atoms with Crippen LogP contribution in [0.4, 0.5) is 0 Å². The molecule has 176 valence electrons. The molecule has 2 aromatic rings. The maximum Gasteiger partial charge on any atom is 0.253 e. The van der Waals surface area contributed by atoms with Crippen LogP contribution < -0.4 is 5.32 Å². The molecule has 2 fully saturated rings. The molecule has 1 aliphatic heterocycles. The fraction of sp³-hybridized carbons (Fsp3) is 0.417. The van der Waals surface area contributed by atoms with Crippen LogP contribution in [0.25, 0.3) is 0 Å². The van der Waals surface area contributed by atoms with Gasteiger partial charge in [-0.25, -0.2) is 8.42 Å². The molecule has 4 rings (SSSR count). The van der Waals surface area contributed by atoms with Crippen LogP contribution in [0, 0.1) is 0 Å². The van der Waals surface area contributed by atoms with Gasteiger partial charge in [0.25, 0.3) is 11.8 Å². The van der Waals surface area contributed by atoms with Crippen LogP contribution in [0.1, 0.15) is 58.4 Å². The summed E-state index contributed by atoms with van der Waals surface area (Å²) < 4.78 is 27.6. The highest BCUT2D eigenvalue weighted by Crippen LogP contribution is 2.28. The van der Waals surface area contributed by atoms with E-state index in [9.17, 15) is 18.0 Å². The number of hydrogen-bond acceptors (Lipinski definition) is 4. The van der Waals surface area contributed by atoms with E-state index in [-0.39, 0.29) is 27.3 Å². The molecule has 2 aliphatic rings. The summed E-state index contributed by atoms with van der Waals surface area (Å²) in [5.41, 5.74) is 1.71. The van der Waals surface area contributed by atoms with Crippen molar-refractivity contribution in [2.45, 2.75) is 49.6 Å². The van der Waals surface area contributed by atoms with Gasteiger partial charge in [-0.3, -0.25) is 9.59 Å². The van der Waals surface area contributed by atoms with Gasteiger partial charge in [0.2, 0.25) is 10.0 Å². The lowest BCUT2D eigenvalue weighted by Crippen LogP contribution is -2.36. The monoisotopic (exact) mass is 489 g/mol. The van der Waals surface area contributed by atoms with Gasteiger partial charge >= 0.3 is 0 Å². The quantitative estimate of drug-likeness (QED) is 0.642. The maximum atomic E-state index is 13.1. The number of carbonyl (C=O) groups is 2. The van der Waals surface area contributed by atoms with Gasteiger partial charge in [-0.15, -0.1) is 0 Å². The van der Waals surface area contributed by atoms with Crippen molar-refractivity contribution in [1.82, 2.24) is 14.5 Å². The molecule has 1 N–H and O–H groups in total. The Morgan fingerprint density at radius 1 is 1.03 bits per heavy atom. The number of halogens is 1. The van der Waals surface area contributed by atoms with Crippen LogP contribution in [0.15, 0.2) is 47.4 Å². The zero-order valence-electron chi connectivity index (χ0n) is 18.6. The van der Waals surface area contributed by atoms with Gasteiger partial charge in [0.05, 0.1) is 5.02 Å². The third kappa shape index (κ3) is 5.57. The van der Waals surface area contributed by atoms with Crippen molar-refractivity contribution in [2.75, 3.05) is 20.1 Å². The Morgan fingerprint density at radius 2 is 1.67 bits per heavy atom. The summed E-state index contributed by atoms with van der Waals surface area (Å²) in [5, 5.41) is 3.06.